The van der Waals surface area contributed by atoms with Crippen molar-refractivity contribution in [1.29, 1.82) is 0 Å². The number of carbonyl (C=O) groups excluding carboxylic acids is 1. The zero-order valence-electron chi connectivity index (χ0n) is 11.3. The molecule has 5 heteroatoms. The zero-order valence-corrected chi connectivity index (χ0v) is 11.3. The van der Waals surface area contributed by atoms with Gasteiger partial charge in [0.2, 0.25) is 5.91 Å². The predicted molar refractivity (Wildman–Crippen MR) is 67.3 cm³/mol. The Hall–Kier alpha value is -0.650. The van der Waals surface area contributed by atoms with Crippen LogP contribution in [0.25, 0.3) is 0 Å². The van der Waals surface area contributed by atoms with Crippen molar-refractivity contribution in [2.45, 2.75) is 51.5 Å². The third-order valence-corrected chi connectivity index (χ3v) is 5.82. The molecule has 4 rings (SSSR count). The van der Waals surface area contributed by atoms with E-state index in [-0.39, 0.29) is 5.41 Å². The van der Waals surface area contributed by atoms with E-state index in [4.69, 9.17) is 15.3 Å². The maximum atomic E-state index is 11.9. The van der Waals surface area contributed by atoms with Crippen molar-refractivity contribution >= 4 is 5.91 Å². The summed E-state index contributed by atoms with van der Waals surface area (Å²) in [5.41, 5.74) is 0.00405. The molecule has 19 heavy (non-hydrogen) atoms. The van der Waals surface area contributed by atoms with Crippen molar-refractivity contribution in [2.75, 3.05) is 0 Å². The molecule has 1 amide bonds. The molecule has 5 nitrogen and oxygen atoms in total. The van der Waals surface area contributed by atoms with Crippen LogP contribution in [0.3, 0.4) is 0 Å². The molecule has 0 aliphatic heterocycles. The molecular formula is C14H23NO4. The SMILES string of the molecule is CC1C2CC3CC(C2)CC1(CC(=O)NC(O)(O)O)C3. The summed E-state index contributed by atoms with van der Waals surface area (Å²) in [4.78, 5) is 11.9. The standard InChI is InChI=1S/C14H23NO4/c1-8-11-3-9-2-10(4-11)6-13(8,5-9)7-12(16)15-14(17,18)19/h8-11,17-19H,2-7H2,1H3,(H,15,16). The number of nitrogens with one attached hydrogen (secondary N) is 1. The van der Waals surface area contributed by atoms with Crippen LogP contribution in [0.4, 0.5) is 0 Å². The summed E-state index contributed by atoms with van der Waals surface area (Å²) >= 11 is 0. The summed E-state index contributed by atoms with van der Waals surface area (Å²) in [6.45, 7) is 2.24. The Morgan fingerprint density at radius 2 is 1.79 bits per heavy atom. The molecule has 0 spiro atoms. The van der Waals surface area contributed by atoms with Crippen LogP contribution in [0, 0.1) is 29.1 Å². The van der Waals surface area contributed by atoms with Crippen LogP contribution < -0.4 is 5.32 Å². The summed E-state index contributed by atoms with van der Waals surface area (Å²) in [5, 5.41) is 28.4. The molecule has 4 fully saturated rings. The fourth-order valence-electron chi connectivity index (χ4n) is 5.32. The lowest BCUT2D eigenvalue weighted by molar-refractivity contribution is -0.326. The van der Waals surface area contributed by atoms with Gasteiger partial charge in [-0.3, -0.25) is 10.1 Å². The first kappa shape index (κ1) is 13.3. The van der Waals surface area contributed by atoms with Crippen LogP contribution in [0.5, 0.6) is 0 Å². The van der Waals surface area contributed by atoms with Gasteiger partial charge in [0, 0.05) is 6.42 Å². The first-order valence-corrected chi connectivity index (χ1v) is 7.25. The van der Waals surface area contributed by atoms with Gasteiger partial charge in [0.05, 0.1) is 0 Å². The van der Waals surface area contributed by atoms with E-state index in [1.54, 1.807) is 0 Å². The Morgan fingerprint density at radius 1 is 1.21 bits per heavy atom. The van der Waals surface area contributed by atoms with Gasteiger partial charge in [-0.05, 0) is 61.2 Å². The first-order valence-electron chi connectivity index (χ1n) is 7.25. The molecule has 4 saturated carbocycles. The second-order valence-electron chi connectivity index (χ2n) is 7.12. The van der Waals surface area contributed by atoms with Crippen LogP contribution in [-0.4, -0.2) is 27.3 Å². The quantitative estimate of drug-likeness (QED) is 0.563. The van der Waals surface area contributed by atoms with Crippen molar-refractivity contribution in [1.82, 2.24) is 5.32 Å². The van der Waals surface area contributed by atoms with Crippen LogP contribution in [0.15, 0.2) is 0 Å². The highest BCUT2D eigenvalue weighted by atomic mass is 16.7. The van der Waals surface area contributed by atoms with Gasteiger partial charge in [0.25, 0.3) is 0 Å². The molecule has 4 aliphatic carbocycles. The molecule has 3 atom stereocenters. The molecular weight excluding hydrogens is 246 g/mol. The maximum absolute atomic E-state index is 11.9. The van der Waals surface area contributed by atoms with E-state index in [9.17, 15) is 4.79 Å². The molecule has 108 valence electrons. The molecule has 4 aliphatic rings. The Bertz CT molecular complexity index is 375. The average Bonchev–Trinajstić information content (AvgIpc) is 2.21. The van der Waals surface area contributed by atoms with Gasteiger partial charge >= 0.3 is 6.10 Å². The van der Waals surface area contributed by atoms with E-state index >= 15 is 0 Å². The second-order valence-corrected chi connectivity index (χ2v) is 7.12. The molecule has 4 bridgehead atoms. The third-order valence-electron chi connectivity index (χ3n) is 5.82. The van der Waals surface area contributed by atoms with Crippen molar-refractivity contribution in [3.8, 4) is 0 Å². The van der Waals surface area contributed by atoms with E-state index in [0.29, 0.717) is 12.3 Å². The monoisotopic (exact) mass is 269 g/mol. The van der Waals surface area contributed by atoms with Gasteiger partial charge in [-0.25, -0.2) is 0 Å². The van der Waals surface area contributed by atoms with Crippen molar-refractivity contribution in [3.05, 3.63) is 0 Å². The minimum Gasteiger partial charge on any atom is -0.325 e. The maximum Gasteiger partial charge on any atom is 0.369 e. The number of carbonyl (C=O) groups is 1. The van der Waals surface area contributed by atoms with Gasteiger partial charge in [0.1, 0.15) is 0 Å². The van der Waals surface area contributed by atoms with Gasteiger partial charge in [0.15, 0.2) is 0 Å². The van der Waals surface area contributed by atoms with Gasteiger partial charge in [-0.1, -0.05) is 6.92 Å². The van der Waals surface area contributed by atoms with E-state index in [1.165, 1.54) is 19.3 Å². The van der Waals surface area contributed by atoms with E-state index in [1.807, 2.05) is 5.32 Å². The first-order chi connectivity index (χ1) is 8.77. The molecule has 0 radical (unpaired) electrons. The van der Waals surface area contributed by atoms with Gasteiger partial charge in [-0.15, -0.1) is 0 Å². The van der Waals surface area contributed by atoms with E-state index in [0.717, 1.165) is 30.6 Å². The second kappa shape index (κ2) is 4.17. The highest BCUT2D eigenvalue weighted by Crippen LogP contribution is 2.63. The molecule has 0 saturated heterocycles. The van der Waals surface area contributed by atoms with Gasteiger partial charge < -0.3 is 15.3 Å². The summed E-state index contributed by atoms with van der Waals surface area (Å²) < 4.78 is 0. The number of aliphatic hydroxyl groups is 3. The Morgan fingerprint density at radius 3 is 2.32 bits per heavy atom. The van der Waals surface area contributed by atoms with Gasteiger partial charge in [-0.2, -0.15) is 0 Å². The lowest BCUT2D eigenvalue weighted by Crippen LogP contribution is -2.55. The summed E-state index contributed by atoms with van der Waals surface area (Å²) in [5.74, 6) is 2.24. The fourth-order valence-corrected chi connectivity index (χ4v) is 5.32. The molecule has 0 aromatic heterocycles. The lowest BCUT2D eigenvalue weighted by Gasteiger charge is -2.60. The third kappa shape index (κ3) is 2.39. The topological polar surface area (TPSA) is 89.8 Å². The zero-order chi connectivity index (χ0) is 13.8. The minimum atomic E-state index is -3.09. The molecule has 4 N–H and O–H groups in total. The van der Waals surface area contributed by atoms with Crippen LogP contribution in [-0.2, 0) is 4.79 Å². The summed E-state index contributed by atoms with van der Waals surface area (Å²) in [6, 6.07) is 0. The highest BCUT2D eigenvalue weighted by molar-refractivity contribution is 5.77. The van der Waals surface area contributed by atoms with Crippen molar-refractivity contribution in [3.63, 3.8) is 0 Å². The fraction of sp³-hybridized carbons (Fsp3) is 0.929. The Balaban J connectivity index is 1.74. The molecule has 3 unspecified atom stereocenters. The lowest BCUT2D eigenvalue weighted by atomic mass is 9.44. The number of hydrogen-bond donors (Lipinski definition) is 4. The smallest absolute Gasteiger partial charge is 0.325 e. The van der Waals surface area contributed by atoms with Crippen molar-refractivity contribution in [2.24, 2.45) is 29.1 Å². The largest absolute Gasteiger partial charge is 0.369 e. The van der Waals surface area contributed by atoms with Crippen LogP contribution in [0.2, 0.25) is 0 Å². The van der Waals surface area contributed by atoms with E-state index in [2.05, 4.69) is 6.92 Å². The predicted octanol–water partition coefficient (Wildman–Crippen LogP) is 0.543. The van der Waals surface area contributed by atoms with Crippen molar-refractivity contribution < 1.29 is 20.1 Å². The molecule has 0 aromatic rings. The number of amides is 1. The summed E-state index contributed by atoms with van der Waals surface area (Å²) in [6.07, 6.45) is 3.24. The Kier molecular flexibility index (Phi) is 2.93. The Labute approximate surface area is 113 Å². The summed E-state index contributed by atoms with van der Waals surface area (Å²) in [7, 11) is 0. The molecule has 0 aromatic carbocycles. The number of hydrogen-bond acceptors (Lipinski definition) is 4. The van der Waals surface area contributed by atoms with Crippen LogP contribution in [0.1, 0.15) is 45.4 Å². The normalized spacial score (nSPS) is 44.4. The minimum absolute atomic E-state index is 0.00405. The average molecular weight is 269 g/mol. The van der Waals surface area contributed by atoms with E-state index < -0.39 is 12.0 Å². The highest BCUT2D eigenvalue weighted by Gasteiger charge is 2.55. The molecule has 0 heterocycles. The van der Waals surface area contributed by atoms with Crippen LogP contribution >= 0.6 is 0 Å². The number of rotatable bonds is 3.